The van der Waals surface area contributed by atoms with Gasteiger partial charge >= 0.3 is 0 Å². The van der Waals surface area contributed by atoms with E-state index in [2.05, 4.69) is 15.5 Å². The summed E-state index contributed by atoms with van der Waals surface area (Å²) in [4.78, 5) is 13.4. The van der Waals surface area contributed by atoms with Crippen molar-refractivity contribution >= 4 is 17.3 Å². The number of benzene rings is 2. The molecular weight excluding hydrogens is 418 g/mol. The van der Waals surface area contributed by atoms with E-state index in [1.54, 1.807) is 26.4 Å². The Morgan fingerprint density at radius 3 is 2.52 bits per heavy atom. The molecule has 7 nitrogen and oxygen atoms in total. The maximum atomic E-state index is 11.4. The Labute approximate surface area is 185 Å². The molecule has 4 rings (SSSR count). The SMILES string of the molecule is COc1cc(CN2CCCn3cccc3C2c2cc([N+](=O)[O-])ccc2Cl)cc(OC)c1. The molecule has 0 amide bonds. The van der Waals surface area contributed by atoms with Gasteiger partial charge in [-0.15, -0.1) is 0 Å². The highest BCUT2D eigenvalue weighted by molar-refractivity contribution is 6.31. The Morgan fingerprint density at radius 2 is 1.84 bits per heavy atom. The number of non-ortho nitro benzene ring substituents is 1. The minimum atomic E-state index is -0.382. The summed E-state index contributed by atoms with van der Waals surface area (Å²) >= 11 is 6.59. The van der Waals surface area contributed by atoms with Gasteiger partial charge in [0.1, 0.15) is 11.5 Å². The number of ether oxygens (including phenoxy) is 2. The lowest BCUT2D eigenvalue weighted by Gasteiger charge is -2.31. The Kier molecular flexibility index (Phi) is 6.15. The summed E-state index contributed by atoms with van der Waals surface area (Å²) in [6.45, 7) is 2.30. The van der Waals surface area contributed by atoms with E-state index in [4.69, 9.17) is 21.1 Å². The van der Waals surface area contributed by atoms with Crippen LogP contribution in [0.3, 0.4) is 0 Å². The number of nitro benzene ring substituents is 1. The van der Waals surface area contributed by atoms with Crippen molar-refractivity contribution in [3.8, 4) is 11.5 Å². The van der Waals surface area contributed by atoms with E-state index >= 15 is 0 Å². The summed E-state index contributed by atoms with van der Waals surface area (Å²) in [7, 11) is 3.26. The number of fused-ring (bicyclic) bond motifs is 1. The van der Waals surface area contributed by atoms with Crippen LogP contribution in [0.2, 0.25) is 5.02 Å². The largest absolute Gasteiger partial charge is 0.497 e. The molecule has 0 aliphatic carbocycles. The normalized spacial score (nSPS) is 16.4. The van der Waals surface area contributed by atoms with Gasteiger partial charge in [0.25, 0.3) is 5.69 Å². The quantitative estimate of drug-likeness (QED) is 0.395. The molecule has 1 aromatic heterocycles. The van der Waals surface area contributed by atoms with E-state index in [-0.39, 0.29) is 16.7 Å². The highest BCUT2D eigenvalue weighted by atomic mass is 35.5. The molecule has 31 heavy (non-hydrogen) atoms. The van der Waals surface area contributed by atoms with Crippen LogP contribution in [-0.2, 0) is 13.1 Å². The fourth-order valence-electron chi connectivity index (χ4n) is 4.21. The second kappa shape index (κ2) is 8.99. The van der Waals surface area contributed by atoms with Crippen molar-refractivity contribution in [2.45, 2.75) is 25.6 Å². The van der Waals surface area contributed by atoms with Gasteiger partial charge in [0.2, 0.25) is 0 Å². The van der Waals surface area contributed by atoms with Crippen LogP contribution in [0, 0.1) is 10.1 Å². The molecule has 0 saturated heterocycles. The Bertz CT molecular complexity index is 1080. The van der Waals surface area contributed by atoms with E-state index in [0.717, 1.165) is 47.8 Å². The number of nitro groups is 1. The van der Waals surface area contributed by atoms with E-state index in [0.29, 0.717) is 11.6 Å². The summed E-state index contributed by atoms with van der Waals surface area (Å²) in [6, 6.07) is 14.3. The summed E-state index contributed by atoms with van der Waals surface area (Å²) in [5.41, 5.74) is 2.86. The van der Waals surface area contributed by atoms with E-state index in [9.17, 15) is 10.1 Å². The molecule has 0 fully saturated rings. The van der Waals surface area contributed by atoms with Gasteiger partial charge in [-0.05, 0) is 42.3 Å². The molecule has 3 aromatic rings. The average Bonchev–Trinajstić information content (AvgIpc) is 3.15. The van der Waals surface area contributed by atoms with Gasteiger partial charge in [-0.2, -0.15) is 0 Å². The number of aromatic nitrogens is 1. The zero-order valence-electron chi connectivity index (χ0n) is 17.5. The second-order valence-electron chi connectivity index (χ2n) is 7.54. The van der Waals surface area contributed by atoms with Crippen molar-refractivity contribution in [1.82, 2.24) is 9.47 Å². The van der Waals surface area contributed by atoms with Crippen LogP contribution in [0.5, 0.6) is 11.5 Å². The van der Waals surface area contributed by atoms with Gasteiger partial charge in [0, 0.05) is 60.3 Å². The van der Waals surface area contributed by atoms with Gasteiger partial charge in [0.05, 0.1) is 25.2 Å². The van der Waals surface area contributed by atoms with Crippen molar-refractivity contribution in [3.63, 3.8) is 0 Å². The molecule has 8 heteroatoms. The smallest absolute Gasteiger partial charge is 0.269 e. The highest BCUT2D eigenvalue weighted by Crippen LogP contribution is 2.38. The second-order valence-corrected chi connectivity index (χ2v) is 7.94. The molecule has 2 aromatic carbocycles. The minimum Gasteiger partial charge on any atom is -0.497 e. The number of rotatable bonds is 6. The predicted octanol–water partition coefficient (Wildman–Crippen LogP) is 5.06. The zero-order valence-corrected chi connectivity index (χ0v) is 18.2. The molecule has 0 saturated carbocycles. The minimum absolute atomic E-state index is 0.0322. The van der Waals surface area contributed by atoms with Crippen LogP contribution >= 0.6 is 11.6 Å². The first-order valence-corrected chi connectivity index (χ1v) is 10.4. The van der Waals surface area contributed by atoms with Gasteiger partial charge in [-0.3, -0.25) is 15.0 Å². The summed E-state index contributed by atoms with van der Waals surface area (Å²) in [5, 5.41) is 12.0. The number of methoxy groups -OCH3 is 2. The molecule has 0 bridgehead atoms. The lowest BCUT2D eigenvalue weighted by Crippen LogP contribution is -2.29. The molecular formula is C23H24ClN3O4. The standard InChI is InChI=1S/C23H24ClN3O4/c1-30-18-11-16(12-19(14-18)31-2)15-26-10-4-9-25-8-3-5-22(25)23(26)20-13-17(27(28)29)6-7-21(20)24/h3,5-8,11-14,23H,4,9-10,15H2,1-2H3. The van der Waals surface area contributed by atoms with E-state index in [1.807, 2.05) is 30.5 Å². The van der Waals surface area contributed by atoms with Crippen molar-refractivity contribution in [2.24, 2.45) is 0 Å². The lowest BCUT2D eigenvalue weighted by molar-refractivity contribution is -0.384. The van der Waals surface area contributed by atoms with Crippen LogP contribution in [0.25, 0.3) is 0 Å². The van der Waals surface area contributed by atoms with Crippen LogP contribution in [0.4, 0.5) is 5.69 Å². The highest BCUT2D eigenvalue weighted by Gasteiger charge is 2.30. The number of hydrogen-bond donors (Lipinski definition) is 0. The van der Waals surface area contributed by atoms with Crippen LogP contribution in [0.15, 0.2) is 54.7 Å². The predicted molar refractivity (Wildman–Crippen MR) is 119 cm³/mol. The molecule has 0 radical (unpaired) electrons. The van der Waals surface area contributed by atoms with E-state index < -0.39 is 0 Å². The Balaban J connectivity index is 1.80. The number of nitrogens with zero attached hydrogens (tertiary/aromatic N) is 3. The van der Waals surface area contributed by atoms with Crippen molar-refractivity contribution in [2.75, 3.05) is 20.8 Å². The molecule has 1 aliphatic heterocycles. The number of aryl methyl sites for hydroxylation is 1. The lowest BCUT2D eigenvalue weighted by atomic mass is 10.00. The summed E-state index contributed by atoms with van der Waals surface area (Å²) in [6.07, 6.45) is 3.00. The third kappa shape index (κ3) is 4.38. The van der Waals surface area contributed by atoms with Gasteiger partial charge in [-0.25, -0.2) is 0 Å². The average molecular weight is 442 g/mol. The maximum absolute atomic E-state index is 11.4. The molecule has 2 heterocycles. The van der Waals surface area contributed by atoms with Crippen LogP contribution in [-0.4, -0.2) is 35.2 Å². The third-order valence-electron chi connectivity index (χ3n) is 5.64. The maximum Gasteiger partial charge on any atom is 0.269 e. The van der Waals surface area contributed by atoms with Crippen LogP contribution in [0.1, 0.15) is 29.3 Å². The van der Waals surface area contributed by atoms with Crippen molar-refractivity contribution in [3.05, 3.63) is 86.7 Å². The Morgan fingerprint density at radius 1 is 1.10 bits per heavy atom. The molecule has 1 aliphatic rings. The first-order valence-electron chi connectivity index (χ1n) is 10.0. The fourth-order valence-corrected chi connectivity index (χ4v) is 4.43. The van der Waals surface area contributed by atoms with Crippen molar-refractivity contribution in [1.29, 1.82) is 0 Å². The van der Waals surface area contributed by atoms with Crippen molar-refractivity contribution < 1.29 is 14.4 Å². The van der Waals surface area contributed by atoms with Gasteiger partial charge in [0.15, 0.2) is 0 Å². The summed E-state index contributed by atoms with van der Waals surface area (Å²) < 4.78 is 13.1. The van der Waals surface area contributed by atoms with E-state index in [1.165, 1.54) is 6.07 Å². The first-order chi connectivity index (χ1) is 15.0. The Hall–Kier alpha value is -3.03. The van der Waals surface area contributed by atoms with Gasteiger partial charge < -0.3 is 14.0 Å². The summed E-state index contributed by atoms with van der Waals surface area (Å²) in [5.74, 6) is 1.44. The zero-order chi connectivity index (χ0) is 22.0. The molecule has 0 spiro atoms. The van der Waals surface area contributed by atoms with Gasteiger partial charge in [-0.1, -0.05) is 11.6 Å². The molecule has 1 unspecified atom stereocenters. The molecule has 1 atom stereocenters. The first kappa shape index (κ1) is 21.2. The van der Waals surface area contributed by atoms with Crippen LogP contribution < -0.4 is 9.47 Å². The number of hydrogen-bond acceptors (Lipinski definition) is 5. The third-order valence-corrected chi connectivity index (χ3v) is 5.98. The molecule has 162 valence electrons. The number of halogens is 1. The molecule has 0 N–H and O–H groups in total. The topological polar surface area (TPSA) is 69.8 Å². The fraction of sp³-hybridized carbons (Fsp3) is 0.304. The monoisotopic (exact) mass is 441 g/mol.